The minimum atomic E-state index is -0.672. The number of hydrogen-bond acceptors (Lipinski definition) is 3. The van der Waals surface area contributed by atoms with Crippen LogP contribution in [-0.2, 0) is 4.79 Å². The molecule has 0 heterocycles. The summed E-state index contributed by atoms with van der Waals surface area (Å²) in [6.07, 6.45) is 0.795. The minimum Gasteiger partial charge on any atom is -0.395 e. The molecule has 0 aliphatic rings. The van der Waals surface area contributed by atoms with Crippen LogP contribution in [0, 0.1) is 5.82 Å². The van der Waals surface area contributed by atoms with Crippen LogP contribution >= 0.6 is 0 Å². The first-order chi connectivity index (χ1) is 9.52. The Morgan fingerprint density at radius 1 is 1.30 bits per heavy atom. The second-order valence-electron chi connectivity index (χ2n) is 4.94. The van der Waals surface area contributed by atoms with Crippen LogP contribution in [0.5, 0.6) is 0 Å². The molecule has 0 saturated carbocycles. The van der Waals surface area contributed by atoms with Crippen molar-refractivity contribution in [2.45, 2.75) is 19.4 Å². The molecule has 1 N–H and O–H groups in total. The Kier molecular flexibility index (Phi) is 6.61. The molecule has 0 fully saturated rings. The zero-order valence-electron chi connectivity index (χ0n) is 12.3. The highest BCUT2D eigenvalue weighted by atomic mass is 19.1. The minimum absolute atomic E-state index is 0.0941. The van der Waals surface area contributed by atoms with E-state index in [1.165, 1.54) is 6.07 Å². The van der Waals surface area contributed by atoms with Gasteiger partial charge in [-0.25, -0.2) is 4.39 Å². The van der Waals surface area contributed by atoms with E-state index >= 15 is 0 Å². The number of carbonyl (C=O) groups excluding carboxylic acids is 1. The summed E-state index contributed by atoms with van der Waals surface area (Å²) in [7, 11) is 3.50. The molecular weight excluding hydrogens is 259 g/mol. The Bertz CT molecular complexity index is 432. The van der Waals surface area contributed by atoms with Crippen molar-refractivity contribution in [3.8, 4) is 0 Å². The number of rotatable bonds is 7. The molecule has 1 aromatic carbocycles. The molecule has 1 amide bonds. The molecular formula is C15H23FN2O2. The average molecular weight is 282 g/mol. The van der Waals surface area contributed by atoms with Crippen LogP contribution in [0.1, 0.15) is 24.9 Å². The summed E-state index contributed by atoms with van der Waals surface area (Å²) in [4.78, 5) is 15.9. The zero-order valence-corrected chi connectivity index (χ0v) is 12.3. The van der Waals surface area contributed by atoms with E-state index in [1.807, 2.05) is 6.92 Å². The van der Waals surface area contributed by atoms with Gasteiger partial charge in [-0.15, -0.1) is 0 Å². The Morgan fingerprint density at radius 2 is 1.95 bits per heavy atom. The largest absolute Gasteiger partial charge is 0.395 e. The lowest BCUT2D eigenvalue weighted by Gasteiger charge is -2.30. The number of halogens is 1. The normalized spacial score (nSPS) is 12.5. The lowest BCUT2D eigenvalue weighted by molar-refractivity contribution is -0.137. The second-order valence-corrected chi connectivity index (χ2v) is 4.94. The van der Waals surface area contributed by atoms with Crippen molar-refractivity contribution < 1.29 is 14.3 Å². The summed E-state index contributed by atoms with van der Waals surface area (Å²) < 4.78 is 13.9. The molecule has 1 rings (SSSR count). The fourth-order valence-corrected chi connectivity index (χ4v) is 2.22. The van der Waals surface area contributed by atoms with E-state index in [4.69, 9.17) is 5.11 Å². The molecule has 0 aliphatic carbocycles. The Morgan fingerprint density at radius 3 is 2.45 bits per heavy atom. The van der Waals surface area contributed by atoms with Gasteiger partial charge in [0.05, 0.1) is 6.61 Å². The van der Waals surface area contributed by atoms with Gasteiger partial charge >= 0.3 is 0 Å². The average Bonchev–Trinajstić information content (AvgIpc) is 2.40. The molecule has 1 atom stereocenters. The van der Waals surface area contributed by atoms with Crippen LogP contribution in [0.3, 0.4) is 0 Å². The highest BCUT2D eigenvalue weighted by Gasteiger charge is 2.29. The number of likely N-dealkylation sites (N-methyl/N-ethyl adjacent to an activating group) is 1. The molecule has 0 spiro atoms. The number of benzene rings is 1. The van der Waals surface area contributed by atoms with Crippen molar-refractivity contribution in [2.24, 2.45) is 0 Å². The Hall–Kier alpha value is -1.46. The third kappa shape index (κ3) is 4.02. The van der Waals surface area contributed by atoms with Crippen molar-refractivity contribution in [2.75, 3.05) is 33.8 Å². The van der Waals surface area contributed by atoms with Gasteiger partial charge in [0.25, 0.3) is 0 Å². The second kappa shape index (κ2) is 7.97. The predicted molar refractivity (Wildman–Crippen MR) is 76.8 cm³/mol. The van der Waals surface area contributed by atoms with Gasteiger partial charge in [-0.3, -0.25) is 9.69 Å². The number of aliphatic hydroxyl groups is 1. The zero-order chi connectivity index (χ0) is 15.1. The van der Waals surface area contributed by atoms with Gasteiger partial charge in [0.1, 0.15) is 11.9 Å². The highest BCUT2D eigenvalue weighted by molar-refractivity contribution is 5.83. The van der Waals surface area contributed by atoms with Crippen LogP contribution in [0.4, 0.5) is 4.39 Å². The molecule has 112 valence electrons. The van der Waals surface area contributed by atoms with Crippen molar-refractivity contribution in [3.05, 3.63) is 35.6 Å². The first-order valence-corrected chi connectivity index (χ1v) is 6.83. The summed E-state index contributed by atoms with van der Waals surface area (Å²) in [6.45, 7) is 2.69. The highest BCUT2D eigenvalue weighted by Crippen LogP contribution is 2.23. The topological polar surface area (TPSA) is 43.8 Å². The van der Waals surface area contributed by atoms with Gasteiger partial charge in [-0.05, 0) is 26.6 Å². The molecule has 4 nitrogen and oxygen atoms in total. The molecule has 0 radical (unpaired) electrons. The molecule has 0 aliphatic heterocycles. The number of amides is 1. The van der Waals surface area contributed by atoms with Gasteiger partial charge in [0.2, 0.25) is 5.91 Å². The molecule has 0 bridgehead atoms. The lowest BCUT2D eigenvalue weighted by atomic mass is 10.0. The summed E-state index contributed by atoms with van der Waals surface area (Å²) in [5, 5.41) is 9.08. The van der Waals surface area contributed by atoms with Gasteiger partial charge < -0.3 is 10.0 Å². The maximum absolute atomic E-state index is 13.9. The van der Waals surface area contributed by atoms with Gasteiger partial charge in [0, 0.05) is 18.7 Å². The SMILES string of the molecule is CCCN(CCO)C(=O)C(c1ccccc1F)N(C)C. The standard InChI is InChI=1S/C15H23FN2O2/c1-4-9-18(10-11-19)15(20)14(17(2)3)12-7-5-6-8-13(12)16/h5-8,14,19H,4,9-11H2,1-3H3. The van der Waals surface area contributed by atoms with E-state index in [0.29, 0.717) is 12.1 Å². The molecule has 20 heavy (non-hydrogen) atoms. The van der Waals surface area contributed by atoms with Gasteiger partial charge in [-0.1, -0.05) is 25.1 Å². The Labute approximate surface area is 119 Å². The van der Waals surface area contributed by atoms with Crippen molar-refractivity contribution in [3.63, 3.8) is 0 Å². The van der Waals surface area contributed by atoms with Crippen LogP contribution < -0.4 is 0 Å². The predicted octanol–water partition coefficient (Wildman–Crippen LogP) is 1.66. The Balaban J connectivity index is 3.07. The number of aliphatic hydroxyl groups excluding tert-OH is 1. The van der Waals surface area contributed by atoms with Crippen LogP contribution in [0.25, 0.3) is 0 Å². The number of nitrogens with zero attached hydrogens (tertiary/aromatic N) is 2. The van der Waals surface area contributed by atoms with Crippen molar-refractivity contribution in [1.29, 1.82) is 0 Å². The van der Waals surface area contributed by atoms with Crippen molar-refractivity contribution >= 4 is 5.91 Å². The first kappa shape index (κ1) is 16.6. The lowest BCUT2D eigenvalue weighted by Crippen LogP contribution is -2.42. The van der Waals surface area contributed by atoms with Crippen molar-refractivity contribution in [1.82, 2.24) is 9.80 Å². The summed E-state index contributed by atoms with van der Waals surface area (Å²) in [5.74, 6) is -0.573. The first-order valence-electron chi connectivity index (χ1n) is 6.83. The summed E-state index contributed by atoms with van der Waals surface area (Å²) >= 11 is 0. The van der Waals surface area contributed by atoms with Gasteiger partial charge in [-0.2, -0.15) is 0 Å². The maximum Gasteiger partial charge on any atom is 0.244 e. The monoisotopic (exact) mass is 282 g/mol. The smallest absolute Gasteiger partial charge is 0.244 e. The maximum atomic E-state index is 13.9. The van der Waals surface area contributed by atoms with E-state index in [1.54, 1.807) is 42.1 Å². The quantitative estimate of drug-likeness (QED) is 0.827. The summed E-state index contributed by atoms with van der Waals surface area (Å²) in [6, 6.07) is 5.64. The third-order valence-electron chi connectivity index (χ3n) is 3.13. The number of hydrogen-bond donors (Lipinski definition) is 1. The van der Waals surface area contributed by atoms with E-state index in [2.05, 4.69) is 0 Å². The van der Waals surface area contributed by atoms with Crippen LogP contribution in [-0.4, -0.2) is 54.6 Å². The van der Waals surface area contributed by atoms with E-state index in [9.17, 15) is 9.18 Å². The third-order valence-corrected chi connectivity index (χ3v) is 3.13. The molecule has 1 aromatic rings. The van der Waals surface area contributed by atoms with Crippen LogP contribution in [0.2, 0.25) is 0 Å². The van der Waals surface area contributed by atoms with E-state index < -0.39 is 6.04 Å². The molecule has 1 unspecified atom stereocenters. The fourth-order valence-electron chi connectivity index (χ4n) is 2.22. The van der Waals surface area contributed by atoms with Crippen LogP contribution in [0.15, 0.2) is 24.3 Å². The molecule has 0 aromatic heterocycles. The van der Waals surface area contributed by atoms with E-state index in [-0.39, 0.29) is 24.9 Å². The van der Waals surface area contributed by atoms with Gasteiger partial charge in [0.15, 0.2) is 0 Å². The molecule has 0 saturated heterocycles. The number of carbonyl (C=O) groups is 1. The summed E-state index contributed by atoms with van der Waals surface area (Å²) in [5.41, 5.74) is 0.363. The fraction of sp³-hybridized carbons (Fsp3) is 0.533. The molecule has 5 heteroatoms. The van der Waals surface area contributed by atoms with E-state index in [0.717, 1.165) is 6.42 Å².